The summed E-state index contributed by atoms with van der Waals surface area (Å²) >= 11 is 6.48. The van der Waals surface area contributed by atoms with E-state index in [2.05, 4.69) is 22.9 Å². The number of carbonyl (C=O) groups excluding carboxylic acids is 12. The van der Waals surface area contributed by atoms with Crippen molar-refractivity contribution < 1.29 is 80.2 Å². The predicted molar refractivity (Wildman–Crippen MR) is 401 cm³/mol. The third-order valence-electron chi connectivity index (χ3n) is 24.5. The summed E-state index contributed by atoms with van der Waals surface area (Å²) in [6.07, 6.45) is 5.02. The SMILES string of the molecule is CCCOC[C@H]1C(=O)N[C@@H]([C@@H](C)CC)C(=O)N(C)CC(=O)N(C)[C@H]2C/C=C\CCN(C2=O)[C@@H](CC2CCC(C)CC2)C(=O)N(C)CC(=O)N[C@@H](CCC2CCC(C(F)(F)F)C(Cl)C2)C(=O)N2C[C@H](OCC)C[C@H]2C(=O)NC2(CC(C)(C)C2)C(=O)N(C)[C@@H](C2CCCC2)C(=O)N(C)[C@H](C(=O)N(C)CC)CC(=O)N1C. The molecule has 7 rings (SSSR count). The van der Waals surface area contributed by atoms with Gasteiger partial charge in [0, 0.05) is 94.0 Å². The number of amides is 12. The van der Waals surface area contributed by atoms with Crippen LogP contribution in [0.3, 0.4) is 0 Å². The first-order chi connectivity index (χ1) is 50.8. The maximum absolute atomic E-state index is 15.9. The number of halogens is 4. The Labute approximate surface area is 643 Å². The minimum Gasteiger partial charge on any atom is -0.379 e. The largest absolute Gasteiger partial charge is 0.393 e. The zero-order valence-electron chi connectivity index (χ0n) is 66.9. The monoisotopic (exact) mass is 1550 g/mol. The lowest BCUT2D eigenvalue weighted by Gasteiger charge is -2.54. The summed E-state index contributed by atoms with van der Waals surface area (Å²) in [4.78, 5) is 195. The molecule has 3 unspecified atom stereocenters. The molecular weight excluding hydrogens is 1420 g/mol. The lowest BCUT2D eigenvalue weighted by atomic mass is 9.58. The molecule has 0 aromatic rings. The van der Waals surface area contributed by atoms with Gasteiger partial charge < -0.3 is 69.5 Å². The molecule has 3 heterocycles. The van der Waals surface area contributed by atoms with E-state index in [0.29, 0.717) is 50.9 Å². The lowest BCUT2D eigenvalue weighted by Crippen LogP contribution is -2.71. The van der Waals surface area contributed by atoms with E-state index in [0.717, 1.165) is 35.5 Å². The van der Waals surface area contributed by atoms with Gasteiger partial charge in [0.1, 0.15) is 53.9 Å². The molecular formula is C78H126ClF3N12O14. The quantitative estimate of drug-likeness (QED) is 0.0841. The molecule has 2 bridgehead atoms. The van der Waals surface area contributed by atoms with Crippen molar-refractivity contribution >= 4 is 82.5 Å². The Balaban J connectivity index is 1.34. The summed E-state index contributed by atoms with van der Waals surface area (Å²) in [6.45, 7) is 13.9. The van der Waals surface area contributed by atoms with Gasteiger partial charge in [0.15, 0.2) is 0 Å². The van der Waals surface area contributed by atoms with Crippen LogP contribution in [0.1, 0.15) is 197 Å². The van der Waals surface area contributed by atoms with Gasteiger partial charge in [-0.1, -0.05) is 98.6 Å². The standard InChI is InChI=1S/C78H126ClF3N12O14/c1-16-37-107-45-61-67(98)84-65(49(6)17-2)73(104)88(11)44-64(97)89(12)57-27-21-20-24-36-93(72(57)103)60(39-51-30-28-48(5)29-31-51)71(102)87(10)43-62(95)83-56(35-33-50-32-34-54(55(79)38-50)78(80,81)82)69(100)94-42-53(108-19-4)40-58(94)68(99)85-77(46-76(7,8)47-77)75(106)92(15)66(52-25-22-23-26-52)74(105)91(14)59(41-63(96)90(61)13)70(101)86(9)18-3/h20-21,48-61,65-66H,16-19,22-47H2,1-15H3,(H,83,95)(H,84,98)(H,85,99)/b21-20-/t48?,49-,50?,51?,53+,54?,55?,56-,57-,58-,59-,60-,61-,65-,66-/m0/s1. The molecule has 610 valence electrons. The highest BCUT2D eigenvalue weighted by Gasteiger charge is 2.59. The number of rotatable bonds is 16. The van der Waals surface area contributed by atoms with Gasteiger partial charge in [0.25, 0.3) is 0 Å². The summed E-state index contributed by atoms with van der Waals surface area (Å²) in [7, 11) is 10.0. The molecule has 108 heavy (non-hydrogen) atoms. The van der Waals surface area contributed by atoms with Crippen LogP contribution in [0.4, 0.5) is 13.2 Å². The van der Waals surface area contributed by atoms with Crippen molar-refractivity contribution in [2.75, 3.05) is 102 Å². The average Bonchev–Trinajstić information content (AvgIpc) is 0.935. The van der Waals surface area contributed by atoms with E-state index < -0.39 is 191 Å². The number of likely N-dealkylation sites (N-methyl/N-ethyl adjacent to an activating group) is 7. The Morgan fingerprint density at radius 2 is 1.35 bits per heavy atom. The summed E-state index contributed by atoms with van der Waals surface area (Å²) < 4.78 is 54.6. The van der Waals surface area contributed by atoms with Crippen LogP contribution in [-0.2, 0) is 67.0 Å². The second-order valence-corrected chi connectivity index (χ2v) is 33.7. The fourth-order valence-corrected chi connectivity index (χ4v) is 18.2. The minimum atomic E-state index is -4.53. The Morgan fingerprint density at radius 1 is 0.704 bits per heavy atom. The number of carbonyl (C=O) groups is 12. The van der Waals surface area contributed by atoms with Crippen LogP contribution < -0.4 is 16.0 Å². The highest BCUT2D eigenvalue weighted by atomic mass is 35.5. The maximum Gasteiger partial charge on any atom is 0.393 e. The van der Waals surface area contributed by atoms with Crippen LogP contribution in [0.25, 0.3) is 0 Å². The third kappa shape index (κ3) is 21.9. The molecule has 2 saturated heterocycles. The van der Waals surface area contributed by atoms with E-state index in [1.165, 1.54) is 83.6 Å². The fraction of sp³-hybridized carbons (Fsp3) is 0.821. The van der Waals surface area contributed by atoms with E-state index >= 15 is 33.6 Å². The zero-order valence-corrected chi connectivity index (χ0v) is 67.6. The molecule has 4 saturated carbocycles. The Kier molecular flexibility index (Phi) is 32.0. The highest BCUT2D eigenvalue weighted by molar-refractivity contribution is 6.21. The van der Waals surface area contributed by atoms with Crippen LogP contribution in [0.15, 0.2) is 12.2 Å². The number of hydrogen-bond acceptors (Lipinski definition) is 14. The first-order valence-electron chi connectivity index (χ1n) is 39.7. The molecule has 0 radical (unpaired) electrons. The predicted octanol–water partition coefficient (Wildman–Crippen LogP) is 6.54. The first kappa shape index (κ1) is 88.6. The molecule has 1 spiro atoms. The number of nitrogens with zero attached hydrogens (tertiary/aromatic N) is 9. The second kappa shape index (κ2) is 39.0. The number of ether oxygens (including phenoxy) is 2. The van der Waals surface area contributed by atoms with Gasteiger partial charge in [0.05, 0.1) is 38.1 Å². The molecule has 3 aliphatic heterocycles. The summed E-state index contributed by atoms with van der Waals surface area (Å²) in [5.41, 5.74) is -2.20. The topological polar surface area (TPSA) is 289 Å². The van der Waals surface area contributed by atoms with Crippen molar-refractivity contribution in [1.82, 2.24) is 60.0 Å². The summed E-state index contributed by atoms with van der Waals surface area (Å²) in [5.74, 6) is -10.8. The number of fused-ring (bicyclic) bond motifs is 3. The van der Waals surface area contributed by atoms with Crippen LogP contribution >= 0.6 is 11.6 Å². The third-order valence-corrected chi connectivity index (χ3v) is 24.9. The van der Waals surface area contributed by atoms with Crippen molar-refractivity contribution in [3.63, 3.8) is 0 Å². The van der Waals surface area contributed by atoms with Gasteiger partial charge in [-0.05, 0) is 132 Å². The smallest absolute Gasteiger partial charge is 0.379 e. The van der Waals surface area contributed by atoms with Crippen LogP contribution in [0, 0.1) is 40.9 Å². The lowest BCUT2D eigenvalue weighted by molar-refractivity contribution is -0.182. The Bertz CT molecular complexity index is 3200. The molecule has 30 heteroatoms. The van der Waals surface area contributed by atoms with Crippen LogP contribution in [0.2, 0.25) is 0 Å². The van der Waals surface area contributed by atoms with Crippen molar-refractivity contribution in [1.29, 1.82) is 0 Å². The van der Waals surface area contributed by atoms with Gasteiger partial charge in [0.2, 0.25) is 70.9 Å². The molecule has 0 aromatic carbocycles. The number of nitrogens with one attached hydrogen (secondary N) is 3. The van der Waals surface area contributed by atoms with E-state index in [4.69, 9.17) is 21.1 Å². The fourth-order valence-electron chi connectivity index (χ4n) is 17.7. The average molecular weight is 1550 g/mol. The minimum absolute atomic E-state index is 0.0130. The van der Waals surface area contributed by atoms with Crippen LogP contribution in [0.5, 0.6) is 0 Å². The molecule has 13 atom stereocenters. The number of alkyl halides is 4. The molecule has 7 aliphatic rings. The van der Waals surface area contributed by atoms with Crippen molar-refractivity contribution in [2.24, 2.45) is 40.9 Å². The van der Waals surface area contributed by atoms with Crippen molar-refractivity contribution in [3.8, 4) is 0 Å². The van der Waals surface area contributed by atoms with E-state index in [-0.39, 0.29) is 110 Å². The van der Waals surface area contributed by atoms with E-state index in [1.807, 2.05) is 33.8 Å². The van der Waals surface area contributed by atoms with Gasteiger partial charge in [-0.2, -0.15) is 13.2 Å². The Morgan fingerprint density at radius 3 is 1.95 bits per heavy atom. The Hall–Kier alpha value is -6.62. The highest BCUT2D eigenvalue weighted by Crippen LogP contribution is 2.50. The van der Waals surface area contributed by atoms with Gasteiger partial charge in [-0.15, -0.1) is 11.6 Å². The van der Waals surface area contributed by atoms with E-state index in [1.54, 1.807) is 26.8 Å². The van der Waals surface area contributed by atoms with Gasteiger partial charge >= 0.3 is 6.18 Å². The zero-order chi connectivity index (χ0) is 80.0. The second-order valence-electron chi connectivity index (χ2n) is 33.2. The molecule has 0 aromatic heterocycles. The van der Waals surface area contributed by atoms with Crippen molar-refractivity contribution in [3.05, 3.63) is 12.2 Å². The van der Waals surface area contributed by atoms with Gasteiger partial charge in [-0.3, -0.25) is 57.5 Å². The summed E-state index contributed by atoms with van der Waals surface area (Å²) in [5, 5.41) is 7.59. The molecule has 6 fully saturated rings. The van der Waals surface area contributed by atoms with Gasteiger partial charge in [-0.25, -0.2) is 0 Å². The van der Waals surface area contributed by atoms with E-state index in [9.17, 15) is 37.1 Å². The first-order valence-corrected chi connectivity index (χ1v) is 40.2. The molecule has 4 aliphatic carbocycles. The normalized spacial score (nSPS) is 31.6. The maximum atomic E-state index is 15.9. The molecule has 3 N–H and O–H groups in total. The summed E-state index contributed by atoms with van der Waals surface area (Å²) in [6, 6.07) is -10.5. The molecule has 26 nitrogen and oxygen atoms in total. The number of hydrogen-bond donors (Lipinski definition) is 3. The van der Waals surface area contributed by atoms with Crippen LogP contribution in [-0.4, -0.2) is 288 Å². The molecule has 12 amide bonds. The van der Waals surface area contributed by atoms with Crippen molar-refractivity contribution in [2.45, 2.75) is 268 Å².